The Balaban J connectivity index is 1.96. The number of hydrogen-bond acceptors (Lipinski definition) is 3. The quantitative estimate of drug-likeness (QED) is 0.820. The van der Waals surface area contributed by atoms with Crippen molar-refractivity contribution in [1.29, 1.82) is 0 Å². The molecule has 0 bridgehead atoms. The SMILES string of the molecule is Cc1cccc(C(=O)NC(CCOc2ccccc2)C(=O)O)c1C. The average molecular weight is 327 g/mol. The summed E-state index contributed by atoms with van der Waals surface area (Å²) in [6.45, 7) is 3.96. The number of para-hydroxylation sites is 1. The van der Waals surface area contributed by atoms with E-state index >= 15 is 0 Å². The van der Waals surface area contributed by atoms with Crippen LogP contribution in [0.15, 0.2) is 48.5 Å². The van der Waals surface area contributed by atoms with E-state index in [0.717, 1.165) is 11.1 Å². The molecule has 24 heavy (non-hydrogen) atoms. The maximum absolute atomic E-state index is 12.4. The van der Waals surface area contributed by atoms with Gasteiger partial charge in [0.1, 0.15) is 11.8 Å². The molecule has 2 aromatic rings. The second-order valence-corrected chi connectivity index (χ2v) is 5.56. The van der Waals surface area contributed by atoms with Crippen LogP contribution in [0.3, 0.4) is 0 Å². The number of carbonyl (C=O) groups excluding carboxylic acids is 1. The lowest BCUT2D eigenvalue weighted by molar-refractivity contribution is -0.139. The predicted octanol–water partition coefficient (Wildman–Crippen LogP) is 2.96. The standard InChI is InChI=1S/C19H21NO4/c1-13-7-6-10-16(14(13)2)18(21)20-17(19(22)23)11-12-24-15-8-4-3-5-9-15/h3-10,17H,11-12H2,1-2H3,(H,20,21)(H,22,23). The van der Waals surface area contributed by atoms with Crippen LogP contribution in [0.5, 0.6) is 5.75 Å². The Labute approximate surface area is 141 Å². The molecule has 0 saturated carbocycles. The molecular formula is C19H21NO4. The van der Waals surface area contributed by atoms with Crippen LogP contribution in [-0.4, -0.2) is 29.6 Å². The first-order valence-electron chi connectivity index (χ1n) is 7.76. The number of nitrogens with one attached hydrogen (secondary N) is 1. The monoisotopic (exact) mass is 327 g/mol. The van der Waals surface area contributed by atoms with Crippen molar-refractivity contribution in [3.05, 3.63) is 65.2 Å². The smallest absolute Gasteiger partial charge is 0.326 e. The highest BCUT2D eigenvalue weighted by molar-refractivity contribution is 5.98. The number of carboxylic acid groups (broad SMARTS) is 1. The molecule has 0 radical (unpaired) electrons. The van der Waals surface area contributed by atoms with Crippen LogP contribution in [-0.2, 0) is 4.79 Å². The van der Waals surface area contributed by atoms with Crippen LogP contribution in [0, 0.1) is 13.8 Å². The molecule has 2 N–H and O–H groups in total. The molecule has 1 unspecified atom stereocenters. The number of rotatable bonds is 7. The van der Waals surface area contributed by atoms with Crippen LogP contribution in [0.1, 0.15) is 27.9 Å². The van der Waals surface area contributed by atoms with Gasteiger partial charge in [-0.3, -0.25) is 4.79 Å². The first kappa shape index (κ1) is 17.5. The van der Waals surface area contributed by atoms with Gasteiger partial charge >= 0.3 is 5.97 Å². The van der Waals surface area contributed by atoms with Gasteiger partial charge in [0.15, 0.2) is 0 Å². The first-order chi connectivity index (χ1) is 11.5. The van der Waals surface area contributed by atoms with Gasteiger partial charge in [0.25, 0.3) is 5.91 Å². The fraction of sp³-hybridized carbons (Fsp3) is 0.263. The van der Waals surface area contributed by atoms with Crippen LogP contribution in [0.4, 0.5) is 0 Å². The number of amides is 1. The summed E-state index contributed by atoms with van der Waals surface area (Å²) in [6, 6.07) is 13.5. The lowest BCUT2D eigenvalue weighted by Gasteiger charge is -2.16. The van der Waals surface area contributed by atoms with E-state index in [1.54, 1.807) is 24.3 Å². The second kappa shape index (κ2) is 8.15. The topological polar surface area (TPSA) is 75.6 Å². The van der Waals surface area contributed by atoms with Crippen molar-refractivity contribution >= 4 is 11.9 Å². The molecule has 1 amide bonds. The van der Waals surface area contributed by atoms with Crippen LogP contribution in [0.25, 0.3) is 0 Å². The Hall–Kier alpha value is -2.82. The zero-order chi connectivity index (χ0) is 17.5. The van der Waals surface area contributed by atoms with Crippen molar-refractivity contribution in [2.45, 2.75) is 26.3 Å². The number of aliphatic carboxylic acids is 1. The van der Waals surface area contributed by atoms with E-state index < -0.39 is 12.0 Å². The third-order valence-electron chi connectivity index (χ3n) is 3.87. The number of benzene rings is 2. The van der Waals surface area contributed by atoms with E-state index in [4.69, 9.17) is 4.74 Å². The lowest BCUT2D eigenvalue weighted by atomic mass is 10.0. The molecule has 0 aromatic heterocycles. The second-order valence-electron chi connectivity index (χ2n) is 5.56. The zero-order valence-corrected chi connectivity index (χ0v) is 13.8. The van der Waals surface area contributed by atoms with E-state index in [0.29, 0.717) is 11.3 Å². The Morgan fingerprint density at radius 1 is 1.08 bits per heavy atom. The third-order valence-corrected chi connectivity index (χ3v) is 3.87. The highest BCUT2D eigenvalue weighted by Gasteiger charge is 2.21. The fourth-order valence-corrected chi connectivity index (χ4v) is 2.30. The van der Waals surface area contributed by atoms with E-state index in [9.17, 15) is 14.7 Å². The average Bonchev–Trinajstić information content (AvgIpc) is 2.57. The minimum absolute atomic E-state index is 0.181. The largest absolute Gasteiger partial charge is 0.494 e. The summed E-state index contributed by atoms with van der Waals surface area (Å²) >= 11 is 0. The molecule has 0 heterocycles. The van der Waals surface area contributed by atoms with Gasteiger partial charge in [0.2, 0.25) is 0 Å². The predicted molar refractivity (Wildman–Crippen MR) is 91.4 cm³/mol. The summed E-state index contributed by atoms with van der Waals surface area (Å²) in [5, 5.41) is 11.9. The first-order valence-corrected chi connectivity index (χ1v) is 7.76. The number of carboxylic acids is 1. The van der Waals surface area contributed by atoms with Crippen molar-refractivity contribution < 1.29 is 19.4 Å². The normalized spacial score (nSPS) is 11.6. The number of ether oxygens (including phenoxy) is 1. The maximum atomic E-state index is 12.4. The van der Waals surface area contributed by atoms with Gasteiger partial charge in [0, 0.05) is 12.0 Å². The maximum Gasteiger partial charge on any atom is 0.326 e. The summed E-state index contributed by atoms with van der Waals surface area (Å²) in [7, 11) is 0. The minimum Gasteiger partial charge on any atom is -0.494 e. The number of aryl methyl sites for hydroxylation is 1. The van der Waals surface area contributed by atoms with E-state index in [-0.39, 0.29) is 18.9 Å². The third kappa shape index (κ3) is 4.59. The molecule has 2 rings (SSSR count). The summed E-state index contributed by atoms with van der Waals surface area (Å²) in [4.78, 5) is 23.7. The van der Waals surface area contributed by atoms with Gasteiger partial charge in [0.05, 0.1) is 6.61 Å². The van der Waals surface area contributed by atoms with Crippen LogP contribution in [0.2, 0.25) is 0 Å². The van der Waals surface area contributed by atoms with Crippen molar-refractivity contribution in [2.75, 3.05) is 6.61 Å². The molecule has 126 valence electrons. The fourth-order valence-electron chi connectivity index (χ4n) is 2.30. The highest BCUT2D eigenvalue weighted by atomic mass is 16.5. The van der Waals surface area contributed by atoms with Gasteiger partial charge in [-0.15, -0.1) is 0 Å². The van der Waals surface area contributed by atoms with Crippen molar-refractivity contribution in [1.82, 2.24) is 5.32 Å². The Bertz CT molecular complexity index is 713. The molecular weight excluding hydrogens is 306 g/mol. The molecule has 0 fully saturated rings. The van der Waals surface area contributed by atoms with Crippen molar-refractivity contribution in [3.63, 3.8) is 0 Å². The molecule has 0 aliphatic heterocycles. The number of hydrogen-bond donors (Lipinski definition) is 2. The van der Waals surface area contributed by atoms with Crippen LogP contribution < -0.4 is 10.1 Å². The Morgan fingerprint density at radius 3 is 2.46 bits per heavy atom. The van der Waals surface area contributed by atoms with Gasteiger partial charge in [-0.05, 0) is 43.2 Å². The van der Waals surface area contributed by atoms with Gasteiger partial charge < -0.3 is 15.2 Å². The molecule has 2 aromatic carbocycles. The van der Waals surface area contributed by atoms with E-state index in [2.05, 4.69) is 5.32 Å². The Morgan fingerprint density at radius 2 is 1.79 bits per heavy atom. The van der Waals surface area contributed by atoms with Crippen LogP contribution >= 0.6 is 0 Å². The van der Waals surface area contributed by atoms with Gasteiger partial charge in [-0.1, -0.05) is 30.3 Å². The van der Waals surface area contributed by atoms with E-state index in [1.165, 1.54) is 0 Å². The molecule has 0 saturated heterocycles. The zero-order valence-electron chi connectivity index (χ0n) is 13.8. The van der Waals surface area contributed by atoms with Crippen molar-refractivity contribution in [3.8, 4) is 5.75 Å². The summed E-state index contributed by atoms with van der Waals surface area (Å²) in [5.74, 6) is -0.795. The lowest BCUT2D eigenvalue weighted by Crippen LogP contribution is -2.42. The van der Waals surface area contributed by atoms with Gasteiger partial charge in [-0.25, -0.2) is 4.79 Å². The molecule has 0 aliphatic rings. The Kier molecular flexibility index (Phi) is 5.95. The molecule has 0 spiro atoms. The molecule has 0 aliphatic carbocycles. The van der Waals surface area contributed by atoms with Gasteiger partial charge in [-0.2, -0.15) is 0 Å². The summed E-state index contributed by atoms with van der Waals surface area (Å²) in [6.07, 6.45) is 0.181. The summed E-state index contributed by atoms with van der Waals surface area (Å²) in [5.41, 5.74) is 2.33. The molecule has 5 heteroatoms. The highest BCUT2D eigenvalue weighted by Crippen LogP contribution is 2.13. The molecule has 5 nitrogen and oxygen atoms in total. The van der Waals surface area contributed by atoms with E-state index in [1.807, 2.05) is 38.1 Å². The number of carbonyl (C=O) groups is 2. The minimum atomic E-state index is -1.08. The van der Waals surface area contributed by atoms with Crippen molar-refractivity contribution in [2.24, 2.45) is 0 Å². The summed E-state index contributed by atoms with van der Waals surface area (Å²) < 4.78 is 5.50. The molecule has 1 atom stereocenters.